The first-order chi connectivity index (χ1) is 14.7. The van der Waals surface area contributed by atoms with Crippen molar-refractivity contribution >= 4 is 40.9 Å². The molecule has 0 unspecified atom stereocenters. The van der Waals surface area contributed by atoms with Crippen molar-refractivity contribution in [2.45, 2.75) is 33.2 Å². The molecule has 0 aliphatic carbocycles. The van der Waals surface area contributed by atoms with E-state index in [0.29, 0.717) is 28.3 Å². The molecule has 0 aromatic heterocycles. The molecule has 164 valence electrons. The number of ketones is 1. The van der Waals surface area contributed by atoms with Crippen molar-refractivity contribution in [2.75, 3.05) is 11.9 Å². The van der Waals surface area contributed by atoms with Gasteiger partial charge in [-0.3, -0.25) is 14.4 Å². The summed E-state index contributed by atoms with van der Waals surface area (Å²) in [7, 11) is 0. The predicted octanol–water partition coefficient (Wildman–Crippen LogP) is 3.87. The standard InChI is InChI=1S/C23H25ClN2O5/c1-4-14(2)21(26-22(29)16-9-11-17(24)12-10-16)23(30)31-13-20(28)25-19-8-6-5-7-18(19)15(3)27/h5-12,14,21H,4,13H2,1-3H3,(H,25,28)(H,26,29)/t14-,21-/m0/s1. The maximum atomic E-state index is 12.6. The van der Waals surface area contributed by atoms with Gasteiger partial charge < -0.3 is 15.4 Å². The fourth-order valence-corrected chi connectivity index (χ4v) is 2.93. The van der Waals surface area contributed by atoms with Crippen molar-refractivity contribution in [1.82, 2.24) is 5.32 Å². The molecule has 0 fully saturated rings. The molecule has 7 nitrogen and oxygen atoms in total. The first kappa shape index (κ1) is 24.1. The van der Waals surface area contributed by atoms with Crippen LogP contribution in [0.1, 0.15) is 47.9 Å². The smallest absolute Gasteiger partial charge is 0.329 e. The number of anilines is 1. The summed E-state index contributed by atoms with van der Waals surface area (Å²) in [6.07, 6.45) is 0.610. The molecular formula is C23H25ClN2O5. The van der Waals surface area contributed by atoms with E-state index in [9.17, 15) is 19.2 Å². The van der Waals surface area contributed by atoms with Crippen LogP contribution in [0.15, 0.2) is 48.5 Å². The Hall–Kier alpha value is -3.19. The Morgan fingerprint density at radius 1 is 1.03 bits per heavy atom. The Bertz CT molecular complexity index is 959. The molecule has 2 rings (SSSR count). The molecule has 0 heterocycles. The van der Waals surface area contributed by atoms with Crippen LogP contribution >= 0.6 is 11.6 Å². The zero-order valence-electron chi connectivity index (χ0n) is 17.6. The van der Waals surface area contributed by atoms with E-state index in [2.05, 4.69) is 10.6 Å². The van der Waals surface area contributed by atoms with Gasteiger partial charge in [-0.05, 0) is 49.2 Å². The van der Waals surface area contributed by atoms with Gasteiger partial charge >= 0.3 is 5.97 Å². The highest BCUT2D eigenvalue weighted by Gasteiger charge is 2.28. The van der Waals surface area contributed by atoms with Crippen LogP contribution in [0.25, 0.3) is 0 Å². The van der Waals surface area contributed by atoms with Crippen LogP contribution < -0.4 is 10.6 Å². The van der Waals surface area contributed by atoms with Gasteiger partial charge in [0.25, 0.3) is 11.8 Å². The summed E-state index contributed by atoms with van der Waals surface area (Å²) >= 11 is 5.84. The van der Waals surface area contributed by atoms with E-state index < -0.39 is 30.4 Å². The highest BCUT2D eigenvalue weighted by atomic mass is 35.5. The second-order valence-electron chi connectivity index (χ2n) is 7.10. The second kappa shape index (κ2) is 11.3. The van der Waals surface area contributed by atoms with Crippen LogP contribution in [0.3, 0.4) is 0 Å². The molecule has 0 aliphatic rings. The zero-order chi connectivity index (χ0) is 23.0. The number of carbonyl (C=O) groups is 4. The molecule has 2 atom stereocenters. The van der Waals surface area contributed by atoms with Crippen LogP contribution in [-0.4, -0.2) is 36.2 Å². The lowest BCUT2D eigenvalue weighted by Gasteiger charge is -2.22. The monoisotopic (exact) mass is 444 g/mol. The van der Waals surface area contributed by atoms with E-state index in [1.807, 2.05) is 6.92 Å². The van der Waals surface area contributed by atoms with Crippen LogP contribution in [-0.2, 0) is 14.3 Å². The van der Waals surface area contributed by atoms with Crippen LogP contribution in [0.5, 0.6) is 0 Å². The fourth-order valence-electron chi connectivity index (χ4n) is 2.81. The van der Waals surface area contributed by atoms with Crippen molar-refractivity contribution in [3.8, 4) is 0 Å². The normalized spacial score (nSPS) is 12.4. The average molecular weight is 445 g/mol. The molecule has 0 saturated carbocycles. The molecule has 0 saturated heterocycles. The molecular weight excluding hydrogens is 420 g/mol. The van der Waals surface area contributed by atoms with Crippen molar-refractivity contribution in [1.29, 1.82) is 0 Å². The van der Waals surface area contributed by atoms with Gasteiger partial charge in [0.1, 0.15) is 6.04 Å². The van der Waals surface area contributed by atoms with Crippen LogP contribution in [0.2, 0.25) is 5.02 Å². The predicted molar refractivity (Wildman–Crippen MR) is 118 cm³/mol. The minimum atomic E-state index is -0.925. The number of halogens is 1. The summed E-state index contributed by atoms with van der Waals surface area (Å²) in [5.41, 5.74) is 1.05. The summed E-state index contributed by atoms with van der Waals surface area (Å²) in [5.74, 6) is -2.17. The largest absolute Gasteiger partial charge is 0.454 e. The molecule has 2 N–H and O–H groups in total. The number of amides is 2. The number of hydrogen-bond acceptors (Lipinski definition) is 5. The Balaban J connectivity index is 2.00. The molecule has 2 aromatic rings. The van der Waals surface area contributed by atoms with Gasteiger partial charge in [0.05, 0.1) is 5.69 Å². The van der Waals surface area contributed by atoms with Crippen molar-refractivity contribution in [3.63, 3.8) is 0 Å². The van der Waals surface area contributed by atoms with E-state index in [1.165, 1.54) is 6.92 Å². The maximum Gasteiger partial charge on any atom is 0.329 e. The topological polar surface area (TPSA) is 102 Å². The lowest BCUT2D eigenvalue weighted by molar-refractivity contribution is -0.150. The van der Waals surface area contributed by atoms with E-state index in [-0.39, 0.29) is 11.7 Å². The second-order valence-corrected chi connectivity index (χ2v) is 7.54. The maximum absolute atomic E-state index is 12.6. The first-order valence-corrected chi connectivity index (χ1v) is 10.2. The lowest BCUT2D eigenvalue weighted by Crippen LogP contribution is -2.46. The summed E-state index contributed by atoms with van der Waals surface area (Å²) in [6.45, 7) is 4.53. The van der Waals surface area contributed by atoms with Gasteiger partial charge in [-0.15, -0.1) is 0 Å². The summed E-state index contributed by atoms with van der Waals surface area (Å²) < 4.78 is 5.15. The van der Waals surface area contributed by atoms with Gasteiger partial charge in [0.15, 0.2) is 12.4 Å². The Kier molecular flexibility index (Phi) is 8.75. The van der Waals surface area contributed by atoms with Gasteiger partial charge in [-0.1, -0.05) is 44.0 Å². The van der Waals surface area contributed by atoms with E-state index in [1.54, 1.807) is 55.5 Å². The Labute approximate surface area is 186 Å². The number of Topliss-reactive ketones (excluding diaryl/α,β-unsaturated/α-hetero) is 1. The number of ether oxygens (including phenoxy) is 1. The Morgan fingerprint density at radius 2 is 1.68 bits per heavy atom. The highest BCUT2D eigenvalue weighted by molar-refractivity contribution is 6.30. The SMILES string of the molecule is CC[C@H](C)[C@H](NC(=O)c1ccc(Cl)cc1)C(=O)OCC(=O)Nc1ccccc1C(C)=O. The fraction of sp³-hybridized carbons (Fsp3) is 0.304. The van der Waals surface area contributed by atoms with Crippen LogP contribution in [0, 0.1) is 5.92 Å². The molecule has 0 bridgehead atoms. The summed E-state index contributed by atoms with van der Waals surface area (Å²) in [5, 5.41) is 5.72. The van der Waals surface area contributed by atoms with E-state index in [4.69, 9.17) is 16.3 Å². The molecule has 2 aromatic carbocycles. The minimum Gasteiger partial charge on any atom is -0.454 e. The number of hydrogen-bond donors (Lipinski definition) is 2. The van der Waals surface area contributed by atoms with Gasteiger partial charge in [-0.25, -0.2) is 4.79 Å². The average Bonchev–Trinajstić information content (AvgIpc) is 2.75. The van der Waals surface area contributed by atoms with Gasteiger partial charge in [0.2, 0.25) is 0 Å². The third-order valence-electron chi connectivity index (χ3n) is 4.79. The molecule has 0 spiro atoms. The van der Waals surface area contributed by atoms with Crippen LogP contribution in [0.4, 0.5) is 5.69 Å². The summed E-state index contributed by atoms with van der Waals surface area (Å²) in [6, 6.07) is 11.9. The van der Waals surface area contributed by atoms with Crippen molar-refractivity contribution in [2.24, 2.45) is 5.92 Å². The number of rotatable bonds is 9. The third kappa shape index (κ3) is 6.93. The third-order valence-corrected chi connectivity index (χ3v) is 5.04. The minimum absolute atomic E-state index is 0.199. The Morgan fingerprint density at radius 3 is 2.29 bits per heavy atom. The molecule has 31 heavy (non-hydrogen) atoms. The van der Waals surface area contributed by atoms with Gasteiger partial charge in [0, 0.05) is 16.1 Å². The first-order valence-electron chi connectivity index (χ1n) is 9.85. The van der Waals surface area contributed by atoms with Crippen molar-refractivity contribution in [3.05, 3.63) is 64.7 Å². The zero-order valence-corrected chi connectivity index (χ0v) is 18.4. The summed E-state index contributed by atoms with van der Waals surface area (Å²) in [4.78, 5) is 49.0. The number of carbonyl (C=O) groups excluding carboxylic acids is 4. The lowest BCUT2D eigenvalue weighted by atomic mass is 9.99. The highest BCUT2D eigenvalue weighted by Crippen LogP contribution is 2.16. The number of para-hydroxylation sites is 1. The molecule has 2 amide bonds. The number of benzene rings is 2. The number of nitrogens with one attached hydrogen (secondary N) is 2. The molecule has 0 radical (unpaired) electrons. The van der Waals surface area contributed by atoms with Gasteiger partial charge in [-0.2, -0.15) is 0 Å². The molecule has 8 heteroatoms. The number of esters is 1. The van der Waals surface area contributed by atoms with E-state index in [0.717, 1.165) is 0 Å². The van der Waals surface area contributed by atoms with Crippen molar-refractivity contribution < 1.29 is 23.9 Å². The van der Waals surface area contributed by atoms with E-state index >= 15 is 0 Å². The quantitative estimate of drug-likeness (QED) is 0.451. The molecule has 0 aliphatic heterocycles.